The van der Waals surface area contributed by atoms with Crippen molar-refractivity contribution in [1.29, 1.82) is 0 Å². The Kier molecular flexibility index (Phi) is 3.26. The number of Topliss-reactive ketones (excluding diaryl/α,β-unsaturated/α-hetero) is 1. The predicted octanol–water partition coefficient (Wildman–Crippen LogP) is 0.418. The molecule has 0 aromatic carbocycles. The minimum Gasteiger partial charge on any atom is -0.357 e. The van der Waals surface area contributed by atoms with Gasteiger partial charge in [-0.3, -0.25) is 14.5 Å². The number of amides is 1. The van der Waals surface area contributed by atoms with Gasteiger partial charge in [-0.1, -0.05) is 0 Å². The third-order valence-electron chi connectivity index (χ3n) is 3.50. The van der Waals surface area contributed by atoms with E-state index in [1.54, 1.807) is 12.3 Å². The third-order valence-corrected chi connectivity index (χ3v) is 3.50. The fraction of sp³-hybridized carbons (Fsp3) is 0.538. The Balaban J connectivity index is 2.09. The molecule has 0 saturated carbocycles. The highest BCUT2D eigenvalue weighted by Gasteiger charge is 2.38. The van der Waals surface area contributed by atoms with Gasteiger partial charge in [0, 0.05) is 38.1 Å². The first kappa shape index (κ1) is 12.8. The van der Waals surface area contributed by atoms with Gasteiger partial charge in [0.15, 0.2) is 5.78 Å². The molecule has 0 spiro atoms. The number of carbonyl (C=O) groups excluding carboxylic acids is 2. The fourth-order valence-electron chi connectivity index (χ4n) is 2.15. The van der Waals surface area contributed by atoms with Gasteiger partial charge in [0.1, 0.15) is 0 Å². The monoisotopic (exact) mass is 249 g/mol. The minimum absolute atomic E-state index is 0.0189. The molecule has 0 aliphatic carbocycles. The number of hydrogen-bond acceptors (Lipinski definition) is 3. The lowest BCUT2D eigenvalue weighted by Crippen LogP contribution is -2.62. The van der Waals surface area contributed by atoms with Crippen molar-refractivity contribution in [2.75, 3.05) is 19.6 Å². The SMILES string of the molecule is Cn1ccc(C(=O)CN2CCNC(=O)C2(C)C)c1. The zero-order chi connectivity index (χ0) is 13.3. The zero-order valence-electron chi connectivity index (χ0n) is 11.1. The lowest BCUT2D eigenvalue weighted by atomic mass is 9.98. The van der Waals surface area contributed by atoms with Crippen LogP contribution in [-0.4, -0.2) is 46.3 Å². The van der Waals surface area contributed by atoms with Gasteiger partial charge in [0.25, 0.3) is 0 Å². The van der Waals surface area contributed by atoms with Gasteiger partial charge < -0.3 is 9.88 Å². The predicted molar refractivity (Wildman–Crippen MR) is 68.4 cm³/mol. The van der Waals surface area contributed by atoms with E-state index in [9.17, 15) is 9.59 Å². The van der Waals surface area contributed by atoms with E-state index < -0.39 is 5.54 Å². The summed E-state index contributed by atoms with van der Waals surface area (Å²) in [5.74, 6) is 0.0352. The smallest absolute Gasteiger partial charge is 0.240 e. The summed E-state index contributed by atoms with van der Waals surface area (Å²) in [5.41, 5.74) is 0.0714. The summed E-state index contributed by atoms with van der Waals surface area (Å²) in [7, 11) is 1.88. The first-order chi connectivity index (χ1) is 8.41. The number of rotatable bonds is 3. The molecule has 1 aliphatic rings. The molecule has 98 valence electrons. The van der Waals surface area contributed by atoms with Crippen molar-refractivity contribution >= 4 is 11.7 Å². The molecular weight excluding hydrogens is 230 g/mol. The Hall–Kier alpha value is -1.62. The van der Waals surface area contributed by atoms with Crippen LogP contribution in [0.25, 0.3) is 0 Å². The first-order valence-corrected chi connectivity index (χ1v) is 6.10. The molecule has 0 radical (unpaired) electrons. The highest BCUT2D eigenvalue weighted by Crippen LogP contribution is 2.18. The molecule has 1 saturated heterocycles. The number of piperazine rings is 1. The van der Waals surface area contributed by atoms with Crippen molar-refractivity contribution in [3.05, 3.63) is 24.0 Å². The van der Waals surface area contributed by atoms with Gasteiger partial charge in [-0.2, -0.15) is 0 Å². The van der Waals surface area contributed by atoms with Gasteiger partial charge >= 0.3 is 0 Å². The summed E-state index contributed by atoms with van der Waals surface area (Å²) >= 11 is 0. The van der Waals surface area contributed by atoms with Gasteiger partial charge in [-0.05, 0) is 19.9 Å². The number of aryl methyl sites for hydroxylation is 1. The molecule has 5 nitrogen and oxygen atoms in total. The molecule has 1 aromatic heterocycles. The van der Waals surface area contributed by atoms with Crippen LogP contribution in [0, 0.1) is 0 Å². The Morgan fingerprint density at radius 2 is 2.22 bits per heavy atom. The van der Waals surface area contributed by atoms with E-state index >= 15 is 0 Å². The van der Waals surface area contributed by atoms with Gasteiger partial charge in [0.2, 0.25) is 5.91 Å². The lowest BCUT2D eigenvalue weighted by Gasteiger charge is -2.40. The van der Waals surface area contributed by atoms with Gasteiger partial charge in [-0.15, -0.1) is 0 Å². The van der Waals surface area contributed by atoms with Gasteiger partial charge in [0.05, 0.1) is 12.1 Å². The summed E-state index contributed by atoms with van der Waals surface area (Å²) in [5, 5.41) is 2.82. The van der Waals surface area contributed by atoms with Crippen LogP contribution >= 0.6 is 0 Å². The molecule has 1 N–H and O–H groups in total. The average molecular weight is 249 g/mol. The first-order valence-electron chi connectivity index (χ1n) is 6.10. The Bertz CT molecular complexity index is 476. The van der Waals surface area contributed by atoms with Crippen LogP contribution in [0.1, 0.15) is 24.2 Å². The molecule has 1 fully saturated rings. The summed E-state index contributed by atoms with van der Waals surface area (Å²) in [6, 6.07) is 1.80. The summed E-state index contributed by atoms with van der Waals surface area (Å²) in [4.78, 5) is 25.8. The molecule has 0 bridgehead atoms. The van der Waals surface area contributed by atoms with E-state index in [0.29, 0.717) is 18.7 Å². The van der Waals surface area contributed by atoms with Crippen LogP contribution < -0.4 is 5.32 Å². The van der Waals surface area contributed by atoms with Crippen molar-refractivity contribution in [2.45, 2.75) is 19.4 Å². The van der Waals surface area contributed by atoms with E-state index in [1.807, 2.05) is 36.6 Å². The van der Waals surface area contributed by atoms with Crippen LogP contribution in [0.2, 0.25) is 0 Å². The summed E-state index contributed by atoms with van der Waals surface area (Å²) in [6.45, 7) is 5.28. The molecule has 2 rings (SSSR count). The highest BCUT2D eigenvalue weighted by atomic mass is 16.2. The molecule has 18 heavy (non-hydrogen) atoms. The molecular formula is C13H19N3O2. The maximum Gasteiger partial charge on any atom is 0.240 e. The molecule has 1 amide bonds. The van der Waals surface area contributed by atoms with E-state index in [-0.39, 0.29) is 18.2 Å². The van der Waals surface area contributed by atoms with Gasteiger partial charge in [-0.25, -0.2) is 0 Å². The minimum atomic E-state index is -0.622. The second-order valence-electron chi connectivity index (χ2n) is 5.23. The quantitative estimate of drug-likeness (QED) is 0.790. The normalized spacial score (nSPS) is 19.6. The number of hydrogen-bond donors (Lipinski definition) is 1. The maximum absolute atomic E-state index is 12.1. The Morgan fingerprint density at radius 1 is 1.50 bits per heavy atom. The van der Waals surface area contributed by atoms with Crippen molar-refractivity contribution in [3.63, 3.8) is 0 Å². The molecule has 0 unspecified atom stereocenters. The average Bonchev–Trinajstić information content (AvgIpc) is 2.72. The van der Waals surface area contributed by atoms with E-state index in [4.69, 9.17) is 0 Å². The standard InChI is InChI=1S/C13H19N3O2/c1-13(2)12(18)14-5-7-16(13)9-11(17)10-4-6-15(3)8-10/h4,6,8H,5,7,9H2,1-3H3,(H,14,18). The summed E-state index contributed by atoms with van der Waals surface area (Å²) in [6.07, 6.45) is 3.65. The molecule has 5 heteroatoms. The highest BCUT2D eigenvalue weighted by molar-refractivity contribution is 5.98. The molecule has 1 aromatic rings. The number of carbonyl (C=O) groups is 2. The Labute approximate surface area is 107 Å². The number of aromatic nitrogens is 1. The number of ketones is 1. The van der Waals surface area contributed by atoms with Crippen molar-refractivity contribution in [3.8, 4) is 0 Å². The molecule has 2 heterocycles. The maximum atomic E-state index is 12.1. The largest absolute Gasteiger partial charge is 0.357 e. The lowest BCUT2D eigenvalue weighted by molar-refractivity contribution is -0.134. The van der Waals surface area contributed by atoms with E-state index in [2.05, 4.69) is 5.32 Å². The van der Waals surface area contributed by atoms with Crippen LogP contribution in [0.4, 0.5) is 0 Å². The van der Waals surface area contributed by atoms with Crippen LogP contribution in [-0.2, 0) is 11.8 Å². The second kappa shape index (κ2) is 4.57. The third kappa shape index (κ3) is 2.31. The van der Waals surface area contributed by atoms with Crippen molar-refractivity contribution < 1.29 is 9.59 Å². The van der Waals surface area contributed by atoms with Crippen LogP contribution in [0.5, 0.6) is 0 Å². The van der Waals surface area contributed by atoms with E-state index in [0.717, 1.165) is 0 Å². The number of nitrogens with one attached hydrogen (secondary N) is 1. The summed E-state index contributed by atoms with van der Waals surface area (Å²) < 4.78 is 1.85. The van der Waals surface area contributed by atoms with Crippen LogP contribution in [0.3, 0.4) is 0 Å². The van der Waals surface area contributed by atoms with E-state index in [1.165, 1.54) is 0 Å². The van der Waals surface area contributed by atoms with Crippen LogP contribution in [0.15, 0.2) is 18.5 Å². The molecule has 0 atom stereocenters. The van der Waals surface area contributed by atoms with Crippen molar-refractivity contribution in [1.82, 2.24) is 14.8 Å². The Morgan fingerprint density at radius 3 is 2.83 bits per heavy atom. The van der Waals surface area contributed by atoms with Crippen molar-refractivity contribution in [2.24, 2.45) is 7.05 Å². The topological polar surface area (TPSA) is 54.3 Å². The second-order valence-corrected chi connectivity index (χ2v) is 5.23. The number of nitrogens with zero attached hydrogens (tertiary/aromatic N) is 2. The molecule has 1 aliphatic heterocycles. The zero-order valence-corrected chi connectivity index (χ0v) is 11.1. The fourth-order valence-corrected chi connectivity index (χ4v) is 2.15.